The maximum atomic E-state index is 8.64. The van der Waals surface area contributed by atoms with E-state index in [2.05, 4.69) is 24.0 Å². The van der Waals surface area contributed by atoms with E-state index < -0.39 is 0 Å². The Labute approximate surface area is 110 Å². The molecule has 0 aliphatic carbocycles. The first kappa shape index (κ1) is 14.1. The summed E-state index contributed by atoms with van der Waals surface area (Å²) in [7, 11) is 0. The Hall–Kier alpha value is -0.940. The Morgan fingerprint density at radius 1 is 1.71 bits per heavy atom. The van der Waals surface area contributed by atoms with Crippen LogP contribution in [0.25, 0.3) is 0 Å². The van der Waals surface area contributed by atoms with Gasteiger partial charge in [-0.1, -0.05) is 37.0 Å². The fourth-order valence-electron chi connectivity index (χ4n) is 1.12. The van der Waals surface area contributed by atoms with Crippen LogP contribution in [0.4, 0.5) is 0 Å². The predicted octanol–water partition coefficient (Wildman–Crippen LogP) is 2.97. The number of nitrogens with zero attached hydrogens (tertiary/aromatic N) is 2. The number of hydrogen-bond donors (Lipinski definition) is 2. The van der Waals surface area contributed by atoms with Crippen LogP contribution in [0.15, 0.2) is 22.4 Å². The van der Waals surface area contributed by atoms with Crippen LogP contribution in [0.1, 0.15) is 25.8 Å². The second-order valence-corrected chi connectivity index (χ2v) is 5.17. The number of thioether (sulfide) groups is 1. The van der Waals surface area contributed by atoms with E-state index in [1.54, 1.807) is 24.0 Å². The minimum atomic E-state index is 0.00258. The third-order valence-electron chi connectivity index (χ3n) is 2.44. The summed E-state index contributed by atoms with van der Waals surface area (Å²) < 4.78 is 0. The number of oxime groups is 1. The molecule has 0 saturated heterocycles. The van der Waals surface area contributed by atoms with E-state index in [0.717, 1.165) is 17.2 Å². The Morgan fingerprint density at radius 3 is 3.00 bits per heavy atom. The van der Waals surface area contributed by atoms with E-state index >= 15 is 0 Å². The average Bonchev–Trinajstić information content (AvgIpc) is 2.36. The van der Waals surface area contributed by atoms with Crippen LogP contribution in [-0.2, 0) is 0 Å². The zero-order chi connectivity index (χ0) is 12.8. The van der Waals surface area contributed by atoms with Crippen molar-refractivity contribution in [3.63, 3.8) is 0 Å². The number of halogens is 1. The third-order valence-corrected chi connectivity index (χ3v) is 4.26. The topological polar surface area (TPSA) is 71.5 Å². The summed E-state index contributed by atoms with van der Waals surface area (Å²) >= 11 is 7.74. The molecule has 94 valence electrons. The lowest BCUT2D eigenvalue weighted by atomic mass is 10.2. The Balaban J connectivity index is 2.87. The SMILES string of the molecule is CCC(C)CSc1nccc(/C(N)=N/O)c1Cl. The quantitative estimate of drug-likeness (QED) is 0.284. The van der Waals surface area contributed by atoms with E-state index in [1.165, 1.54) is 0 Å². The molecular weight excluding hydrogens is 258 g/mol. The van der Waals surface area contributed by atoms with Crippen molar-refractivity contribution in [2.24, 2.45) is 16.8 Å². The van der Waals surface area contributed by atoms with E-state index in [-0.39, 0.29) is 5.84 Å². The van der Waals surface area contributed by atoms with Crippen LogP contribution in [-0.4, -0.2) is 21.8 Å². The van der Waals surface area contributed by atoms with E-state index in [4.69, 9.17) is 22.5 Å². The molecule has 0 spiro atoms. The molecule has 0 radical (unpaired) electrons. The van der Waals surface area contributed by atoms with Crippen molar-refractivity contribution in [2.45, 2.75) is 25.3 Å². The predicted molar refractivity (Wildman–Crippen MR) is 71.9 cm³/mol. The van der Waals surface area contributed by atoms with Crippen molar-refractivity contribution in [3.05, 3.63) is 22.8 Å². The Morgan fingerprint density at radius 2 is 2.41 bits per heavy atom. The Bertz CT molecular complexity index is 412. The number of pyridine rings is 1. The second kappa shape index (κ2) is 6.71. The fourth-order valence-corrected chi connectivity index (χ4v) is 2.54. The van der Waals surface area contributed by atoms with Crippen LogP contribution in [0.5, 0.6) is 0 Å². The summed E-state index contributed by atoms with van der Waals surface area (Å²) in [5, 5.41) is 12.7. The van der Waals surface area contributed by atoms with Gasteiger partial charge in [-0.05, 0) is 12.0 Å². The molecule has 1 unspecified atom stereocenters. The molecule has 6 heteroatoms. The molecule has 0 aromatic carbocycles. The summed E-state index contributed by atoms with van der Waals surface area (Å²) in [6.07, 6.45) is 2.72. The first-order valence-electron chi connectivity index (χ1n) is 5.35. The summed E-state index contributed by atoms with van der Waals surface area (Å²) in [4.78, 5) is 4.20. The summed E-state index contributed by atoms with van der Waals surface area (Å²) in [6, 6.07) is 1.63. The molecule has 3 N–H and O–H groups in total. The monoisotopic (exact) mass is 273 g/mol. The van der Waals surface area contributed by atoms with E-state index in [1.807, 2.05) is 0 Å². The number of rotatable bonds is 5. The van der Waals surface area contributed by atoms with Crippen LogP contribution in [0, 0.1) is 5.92 Å². The van der Waals surface area contributed by atoms with Crippen molar-refractivity contribution < 1.29 is 5.21 Å². The number of amidine groups is 1. The van der Waals surface area contributed by atoms with Gasteiger partial charge < -0.3 is 10.9 Å². The van der Waals surface area contributed by atoms with Crippen molar-refractivity contribution in [2.75, 3.05) is 5.75 Å². The normalized spacial score (nSPS) is 13.7. The van der Waals surface area contributed by atoms with Gasteiger partial charge in [-0.3, -0.25) is 0 Å². The highest BCUT2D eigenvalue weighted by molar-refractivity contribution is 7.99. The lowest BCUT2D eigenvalue weighted by Crippen LogP contribution is -2.14. The van der Waals surface area contributed by atoms with Gasteiger partial charge in [0.1, 0.15) is 5.03 Å². The van der Waals surface area contributed by atoms with Crippen molar-refractivity contribution >= 4 is 29.2 Å². The largest absolute Gasteiger partial charge is 0.409 e. The molecule has 0 saturated carbocycles. The van der Waals surface area contributed by atoms with Gasteiger partial charge in [-0.2, -0.15) is 0 Å². The fraction of sp³-hybridized carbons (Fsp3) is 0.455. The van der Waals surface area contributed by atoms with Gasteiger partial charge >= 0.3 is 0 Å². The van der Waals surface area contributed by atoms with Gasteiger partial charge in [0, 0.05) is 17.5 Å². The minimum absolute atomic E-state index is 0.00258. The van der Waals surface area contributed by atoms with Gasteiger partial charge in [0.05, 0.1) is 5.02 Å². The molecular formula is C11H16ClN3OS. The van der Waals surface area contributed by atoms with Gasteiger partial charge in [0.2, 0.25) is 0 Å². The number of aromatic nitrogens is 1. The first-order valence-corrected chi connectivity index (χ1v) is 6.71. The number of hydrogen-bond acceptors (Lipinski definition) is 4. The first-order chi connectivity index (χ1) is 8.10. The Kier molecular flexibility index (Phi) is 5.58. The van der Waals surface area contributed by atoms with Crippen molar-refractivity contribution in [1.82, 2.24) is 4.98 Å². The van der Waals surface area contributed by atoms with Gasteiger partial charge in [0.25, 0.3) is 0 Å². The highest BCUT2D eigenvalue weighted by atomic mass is 35.5. The van der Waals surface area contributed by atoms with Gasteiger partial charge in [-0.25, -0.2) is 4.98 Å². The maximum Gasteiger partial charge on any atom is 0.171 e. The lowest BCUT2D eigenvalue weighted by Gasteiger charge is -2.10. The molecule has 1 atom stereocenters. The number of nitrogens with two attached hydrogens (primary N) is 1. The van der Waals surface area contributed by atoms with E-state index in [0.29, 0.717) is 16.5 Å². The zero-order valence-corrected chi connectivity index (χ0v) is 11.4. The molecule has 1 aromatic heterocycles. The van der Waals surface area contributed by atoms with Crippen LogP contribution in [0.3, 0.4) is 0 Å². The van der Waals surface area contributed by atoms with Crippen LogP contribution < -0.4 is 5.73 Å². The highest BCUT2D eigenvalue weighted by Crippen LogP contribution is 2.29. The van der Waals surface area contributed by atoms with Crippen molar-refractivity contribution in [1.29, 1.82) is 0 Å². The standard InChI is InChI=1S/C11H16ClN3OS/c1-3-7(2)6-17-11-9(12)8(4-5-14-11)10(13)15-16/h4-5,7,16H,3,6H2,1-2H3,(H2,13,15). The summed E-state index contributed by atoms with van der Waals surface area (Å²) in [6.45, 7) is 4.32. The van der Waals surface area contributed by atoms with Crippen molar-refractivity contribution in [3.8, 4) is 0 Å². The van der Waals surface area contributed by atoms with Gasteiger partial charge in [-0.15, -0.1) is 11.8 Å². The molecule has 0 fully saturated rings. The average molecular weight is 274 g/mol. The maximum absolute atomic E-state index is 8.64. The second-order valence-electron chi connectivity index (χ2n) is 3.79. The van der Waals surface area contributed by atoms with E-state index in [9.17, 15) is 0 Å². The molecule has 1 aromatic rings. The third kappa shape index (κ3) is 3.78. The van der Waals surface area contributed by atoms with Gasteiger partial charge in [0.15, 0.2) is 5.84 Å². The molecule has 1 rings (SSSR count). The molecule has 1 heterocycles. The molecule has 0 aliphatic rings. The zero-order valence-electron chi connectivity index (χ0n) is 9.85. The molecule has 0 bridgehead atoms. The minimum Gasteiger partial charge on any atom is -0.409 e. The van der Waals surface area contributed by atoms with Crippen LogP contribution in [0.2, 0.25) is 5.02 Å². The summed E-state index contributed by atoms with van der Waals surface area (Å²) in [5.41, 5.74) is 6.03. The summed E-state index contributed by atoms with van der Waals surface area (Å²) in [5.74, 6) is 1.55. The van der Waals surface area contributed by atoms with Crippen LogP contribution >= 0.6 is 23.4 Å². The molecule has 0 amide bonds. The smallest absolute Gasteiger partial charge is 0.171 e. The highest BCUT2D eigenvalue weighted by Gasteiger charge is 2.12. The molecule has 0 aliphatic heterocycles. The molecule has 4 nitrogen and oxygen atoms in total. The lowest BCUT2D eigenvalue weighted by molar-refractivity contribution is 0.318. The molecule has 17 heavy (non-hydrogen) atoms.